The number of carbonyl (C=O) groups is 2. The van der Waals surface area contributed by atoms with Gasteiger partial charge in [0.25, 0.3) is 0 Å². The average molecular weight is 769 g/mol. The molecule has 0 unspecified atom stereocenters. The number of benzene rings is 2. The molecule has 0 aliphatic carbocycles. The van der Waals surface area contributed by atoms with Crippen LogP contribution >= 0.6 is 0 Å². The molecule has 0 spiro atoms. The number of hydrogen-bond acceptors (Lipinski definition) is 8. The van der Waals surface area contributed by atoms with Crippen LogP contribution in [0.5, 0.6) is 0 Å². The van der Waals surface area contributed by atoms with Crippen LogP contribution in [0.2, 0.25) is 0 Å². The predicted octanol–water partition coefficient (Wildman–Crippen LogP) is 6.91. The molecule has 2 aliphatic rings. The Kier molecular flexibility index (Phi) is 13.4. The molecule has 12 heteroatoms. The van der Waals surface area contributed by atoms with E-state index in [4.69, 9.17) is 9.72 Å². The van der Waals surface area contributed by atoms with Gasteiger partial charge in [0, 0.05) is 92.2 Å². The number of aromatic nitrogens is 3. The number of fused-ring (bicyclic) bond motifs is 1. The van der Waals surface area contributed by atoms with Crippen LogP contribution in [0.1, 0.15) is 109 Å². The SMILES string of the molecule is CCc1nc2c(cnn2CC)c(NC2CCOCC2)c1CNC(=O)CCCC(=O)NCc1ccc(F)c(-c2cccc(CNC3CC(C)(C)NC(C)(C)C3)c2)c1. The van der Waals surface area contributed by atoms with Crippen molar-refractivity contribution in [2.45, 2.75) is 142 Å². The van der Waals surface area contributed by atoms with E-state index in [0.29, 0.717) is 44.1 Å². The summed E-state index contributed by atoms with van der Waals surface area (Å²) in [5.41, 5.74) is 7.04. The van der Waals surface area contributed by atoms with E-state index in [9.17, 15) is 9.59 Å². The average Bonchev–Trinajstić information content (AvgIpc) is 3.58. The number of halogens is 1. The van der Waals surface area contributed by atoms with Gasteiger partial charge in [-0.2, -0.15) is 5.10 Å². The zero-order valence-electron chi connectivity index (χ0n) is 34.1. The molecule has 5 N–H and O–H groups in total. The molecule has 6 rings (SSSR count). The lowest BCUT2D eigenvalue weighted by atomic mass is 9.79. The summed E-state index contributed by atoms with van der Waals surface area (Å²) in [7, 11) is 0. The molecule has 2 aliphatic heterocycles. The first-order valence-corrected chi connectivity index (χ1v) is 20.5. The summed E-state index contributed by atoms with van der Waals surface area (Å²) in [4.78, 5) is 30.8. The van der Waals surface area contributed by atoms with Crippen LogP contribution in [0.4, 0.5) is 10.1 Å². The molecule has 2 amide bonds. The smallest absolute Gasteiger partial charge is 0.220 e. The van der Waals surface area contributed by atoms with Gasteiger partial charge in [-0.25, -0.2) is 14.1 Å². The Morgan fingerprint density at radius 1 is 0.911 bits per heavy atom. The number of ether oxygens (including phenoxy) is 1. The minimum absolute atomic E-state index is 0.0520. The zero-order chi connectivity index (χ0) is 39.9. The molecule has 4 aromatic rings. The van der Waals surface area contributed by atoms with Crippen LogP contribution in [0.15, 0.2) is 48.7 Å². The first-order valence-electron chi connectivity index (χ1n) is 20.5. The van der Waals surface area contributed by atoms with Gasteiger partial charge < -0.3 is 31.3 Å². The highest BCUT2D eigenvalue weighted by atomic mass is 19.1. The Morgan fingerprint density at radius 2 is 1.61 bits per heavy atom. The van der Waals surface area contributed by atoms with E-state index in [1.165, 1.54) is 6.07 Å². The number of hydrogen-bond donors (Lipinski definition) is 5. The molecule has 2 aromatic carbocycles. The van der Waals surface area contributed by atoms with E-state index < -0.39 is 0 Å². The second kappa shape index (κ2) is 18.3. The van der Waals surface area contributed by atoms with Crippen LogP contribution in [-0.2, 0) is 46.9 Å². The minimum atomic E-state index is -0.303. The standard InChI is InChI=1S/C44H61FN8O3/c1-7-38-35(41(50-32-17-19-56-20-18-32)36-28-49-53(8-2)42(36)51-38)27-48-40(55)14-10-13-39(54)47-26-30-15-16-37(45)34(22-30)31-12-9-11-29(21-31)25-46-33-23-43(3,4)52-44(5,6)24-33/h9,11-12,15-16,21-22,28,32-33,46,52H,7-8,10,13-14,17-20,23-27H2,1-6H3,(H,47,54)(H,48,55)(H,50,51). The van der Waals surface area contributed by atoms with E-state index in [-0.39, 0.29) is 54.1 Å². The first-order chi connectivity index (χ1) is 26.8. The zero-order valence-corrected chi connectivity index (χ0v) is 34.1. The monoisotopic (exact) mass is 768 g/mol. The number of amides is 2. The Balaban J connectivity index is 0.995. The molecule has 11 nitrogen and oxygen atoms in total. The normalized spacial score (nSPS) is 17.2. The lowest BCUT2D eigenvalue weighted by molar-refractivity contribution is -0.122. The summed E-state index contributed by atoms with van der Waals surface area (Å²) in [6, 6.07) is 13.6. The van der Waals surface area contributed by atoms with Crippen molar-refractivity contribution in [3.63, 3.8) is 0 Å². The van der Waals surface area contributed by atoms with Crippen LogP contribution in [0.25, 0.3) is 22.2 Å². The predicted molar refractivity (Wildman–Crippen MR) is 221 cm³/mol. The van der Waals surface area contributed by atoms with Crippen molar-refractivity contribution in [2.24, 2.45) is 0 Å². The molecule has 0 saturated carbocycles. The molecule has 2 aromatic heterocycles. The third-order valence-corrected chi connectivity index (χ3v) is 11.0. The van der Waals surface area contributed by atoms with Gasteiger partial charge in [0.15, 0.2) is 5.65 Å². The van der Waals surface area contributed by atoms with Crippen molar-refractivity contribution in [3.05, 3.63) is 76.9 Å². The third-order valence-electron chi connectivity index (χ3n) is 11.0. The second-order valence-electron chi connectivity index (χ2n) is 16.8. The van der Waals surface area contributed by atoms with Gasteiger partial charge in [-0.1, -0.05) is 31.2 Å². The molecular weight excluding hydrogens is 708 g/mol. The highest BCUT2D eigenvalue weighted by Crippen LogP contribution is 2.32. The van der Waals surface area contributed by atoms with Gasteiger partial charge in [-0.05, 0) is 108 Å². The number of carbonyl (C=O) groups excluding carboxylic acids is 2. The number of piperidine rings is 1. The van der Waals surface area contributed by atoms with Gasteiger partial charge >= 0.3 is 0 Å². The fourth-order valence-electron chi connectivity index (χ4n) is 8.56. The third kappa shape index (κ3) is 10.7. The van der Waals surface area contributed by atoms with E-state index in [0.717, 1.165) is 83.6 Å². The molecular formula is C44H61FN8O3. The van der Waals surface area contributed by atoms with Gasteiger partial charge in [0.05, 0.1) is 17.3 Å². The molecule has 56 heavy (non-hydrogen) atoms. The summed E-state index contributed by atoms with van der Waals surface area (Å²) in [6.07, 6.45) is 7.30. The van der Waals surface area contributed by atoms with Gasteiger partial charge in [-0.15, -0.1) is 0 Å². The maximum absolute atomic E-state index is 15.1. The fraction of sp³-hybridized carbons (Fsp3) is 0.545. The van der Waals surface area contributed by atoms with E-state index in [2.05, 4.69) is 79.3 Å². The minimum Gasteiger partial charge on any atom is -0.381 e. The Labute approximate surface area is 331 Å². The van der Waals surface area contributed by atoms with Crippen LogP contribution < -0.4 is 26.6 Å². The number of pyridine rings is 1. The van der Waals surface area contributed by atoms with Crippen molar-refractivity contribution in [2.75, 3.05) is 18.5 Å². The van der Waals surface area contributed by atoms with Gasteiger partial charge in [0.1, 0.15) is 5.82 Å². The van der Waals surface area contributed by atoms with Crippen molar-refractivity contribution < 1.29 is 18.7 Å². The maximum Gasteiger partial charge on any atom is 0.220 e. The number of aryl methyl sites for hydroxylation is 2. The summed E-state index contributed by atoms with van der Waals surface area (Å²) in [5.74, 6) is -0.576. The number of nitrogens with one attached hydrogen (secondary N) is 5. The summed E-state index contributed by atoms with van der Waals surface area (Å²) in [6.45, 7) is 16.6. The highest BCUT2D eigenvalue weighted by Gasteiger charge is 2.37. The second-order valence-corrected chi connectivity index (χ2v) is 16.8. The van der Waals surface area contributed by atoms with E-state index in [1.807, 2.05) is 35.1 Å². The maximum atomic E-state index is 15.1. The fourth-order valence-corrected chi connectivity index (χ4v) is 8.56. The molecule has 2 fully saturated rings. The first kappa shape index (κ1) is 41.2. The van der Waals surface area contributed by atoms with E-state index >= 15 is 4.39 Å². The van der Waals surface area contributed by atoms with Gasteiger partial charge in [-0.3, -0.25) is 9.59 Å². The lowest BCUT2D eigenvalue weighted by Gasteiger charge is -2.46. The Morgan fingerprint density at radius 3 is 2.30 bits per heavy atom. The quantitative estimate of drug-likeness (QED) is 0.0831. The highest BCUT2D eigenvalue weighted by molar-refractivity contribution is 5.92. The summed E-state index contributed by atoms with van der Waals surface area (Å²) >= 11 is 0. The van der Waals surface area contributed by atoms with E-state index in [1.54, 1.807) is 6.07 Å². The van der Waals surface area contributed by atoms with Gasteiger partial charge in [0.2, 0.25) is 11.8 Å². The topological polar surface area (TPSA) is 134 Å². The van der Waals surface area contributed by atoms with Crippen LogP contribution in [-0.4, -0.2) is 63.0 Å². The summed E-state index contributed by atoms with van der Waals surface area (Å²) in [5, 5.41) is 22.8. The summed E-state index contributed by atoms with van der Waals surface area (Å²) < 4.78 is 22.6. The Bertz CT molecular complexity index is 1970. The molecule has 4 heterocycles. The lowest BCUT2D eigenvalue weighted by Crippen LogP contribution is -2.61. The molecule has 2 saturated heterocycles. The molecule has 302 valence electrons. The van der Waals surface area contributed by atoms with Crippen LogP contribution in [0.3, 0.4) is 0 Å². The van der Waals surface area contributed by atoms with Crippen molar-refractivity contribution in [1.82, 2.24) is 36.0 Å². The van der Waals surface area contributed by atoms with Crippen molar-refractivity contribution in [1.29, 1.82) is 0 Å². The largest absolute Gasteiger partial charge is 0.381 e. The molecule has 0 bridgehead atoms. The van der Waals surface area contributed by atoms with Crippen molar-refractivity contribution >= 4 is 28.5 Å². The van der Waals surface area contributed by atoms with Crippen molar-refractivity contribution in [3.8, 4) is 11.1 Å². The number of anilines is 1. The van der Waals surface area contributed by atoms with Crippen LogP contribution in [0, 0.1) is 5.82 Å². The molecule has 0 radical (unpaired) electrons. The number of nitrogens with zero attached hydrogens (tertiary/aromatic N) is 3. The number of rotatable bonds is 16. The molecule has 0 atom stereocenters. The Hall–Kier alpha value is -4.39.